The van der Waals surface area contributed by atoms with Crippen molar-refractivity contribution >= 4 is 29.4 Å². The quantitative estimate of drug-likeness (QED) is 0.180. The molecule has 0 saturated carbocycles. The van der Waals surface area contributed by atoms with Gasteiger partial charge < -0.3 is 25.2 Å². The molecule has 0 fully saturated rings. The molecule has 0 aliphatic carbocycles. The maximum Gasteiger partial charge on any atom is 0.330 e. The van der Waals surface area contributed by atoms with Crippen LogP contribution in [0.4, 0.5) is 23.4 Å². The van der Waals surface area contributed by atoms with Crippen LogP contribution in [0.5, 0.6) is 0 Å². The van der Waals surface area contributed by atoms with Gasteiger partial charge in [-0.25, -0.2) is 19.4 Å². The number of rotatable bonds is 13. The summed E-state index contributed by atoms with van der Waals surface area (Å²) in [5.41, 5.74) is 0.425. The van der Waals surface area contributed by atoms with Crippen LogP contribution in [0, 0.1) is 0 Å². The molecule has 3 rings (SSSR count). The number of aromatic nitrogens is 6. The highest BCUT2D eigenvalue weighted by Crippen LogP contribution is 2.30. The van der Waals surface area contributed by atoms with Gasteiger partial charge in [0.15, 0.2) is 17.3 Å². The average molecular weight is 497 g/mol. The van der Waals surface area contributed by atoms with Crippen LogP contribution in [0.3, 0.4) is 0 Å². The Morgan fingerprint density at radius 2 is 2.00 bits per heavy atom. The molecule has 0 aliphatic rings. The number of aliphatic hydroxyl groups excluding tert-OH is 1. The van der Waals surface area contributed by atoms with E-state index in [2.05, 4.69) is 52.5 Å². The van der Waals surface area contributed by atoms with Crippen LogP contribution in [0.1, 0.15) is 19.5 Å². The summed E-state index contributed by atoms with van der Waals surface area (Å²) in [7, 11) is 1.58. The summed E-state index contributed by atoms with van der Waals surface area (Å²) in [5, 5.41) is 28.8. The van der Waals surface area contributed by atoms with E-state index in [9.17, 15) is 9.90 Å². The fourth-order valence-electron chi connectivity index (χ4n) is 2.93. The zero-order valence-electron chi connectivity index (χ0n) is 20.2. The van der Waals surface area contributed by atoms with Crippen molar-refractivity contribution in [3.63, 3.8) is 0 Å². The second kappa shape index (κ2) is 13.0. The normalized spacial score (nSPS) is 12.8. The molecule has 0 aliphatic heterocycles. The summed E-state index contributed by atoms with van der Waals surface area (Å²) in [4.78, 5) is 28.5. The van der Waals surface area contributed by atoms with E-state index in [0.717, 1.165) is 6.08 Å². The lowest BCUT2D eigenvalue weighted by atomic mass is 10.3. The molecule has 190 valence electrons. The largest absolute Gasteiger partial charge is 0.460 e. The zero-order valence-corrected chi connectivity index (χ0v) is 20.2. The number of hydrogen-bond acceptors (Lipinski definition) is 13. The molecular formula is C22H28N10O4. The van der Waals surface area contributed by atoms with Crippen molar-refractivity contribution < 1.29 is 19.4 Å². The van der Waals surface area contributed by atoms with Gasteiger partial charge in [-0.2, -0.15) is 9.97 Å². The highest BCUT2D eigenvalue weighted by molar-refractivity contribution is 5.81. The molecule has 0 radical (unpaired) electrons. The van der Waals surface area contributed by atoms with E-state index in [1.165, 1.54) is 11.0 Å². The van der Waals surface area contributed by atoms with E-state index in [1.54, 1.807) is 32.4 Å². The van der Waals surface area contributed by atoms with Crippen LogP contribution >= 0.6 is 0 Å². The van der Waals surface area contributed by atoms with Gasteiger partial charge in [0.25, 0.3) is 5.95 Å². The maximum absolute atomic E-state index is 11.3. The first-order valence-electron chi connectivity index (χ1n) is 11.0. The second-order valence-corrected chi connectivity index (χ2v) is 7.61. The third-order valence-corrected chi connectivity index (χ3v) is 4.53. The number of methoxy groups -OCH3 is 1. The van der Waals surface area contributed by atoms with Crippen LogP contribution in [0.2, 0.25) is 0 Å². The average Bonchev–Trinajstić information content (AvgIpc) is 3.36. The lowest BCUT2D eigenvalue weighted by molar-refractivity contribution is -0.137. The van der Waals surface area contributed by atoms with Crippen molar-refractivity contribution in [2.24, 2.45) is 10.2 Å². The molecule has 3 N–H and O–H groups in total. The Morgan fingerprint density at radius 3 is 2.69 bits per heavy atom. The number of esters is 1. The van der Waals surface area contributed by atoms with E-state index in [0.29, 0.717) is 18.2 Å². The van der Waals surface area contributed by atoms with E-state index >= 15 is 0 Å². The molecule has 3 aromatic heterocycles. The molecule has 0 bridgehead atoms. The van der Waals surface area contributed by atoms with Crippen LogP contribution in [-0.2, 0) is 20.9 Å². The number of anilines is 2. The highest BCUT2D eigenvalue weighted by atomic mass is 16.5. The number of azo groups is 1. The van der Waals surface area contributed by atoms with Gasteiger partial charge in [0.05, 0.1) is 19.3 Å². The molecule has 0 aromatic carbocycles. The van der Waals surface area contributed by atoms with E-state index in [1.807, 2.05) is 13.0 Å². The lowest BCUT2D eigenvalue weighted by Crippen LogP contribution is -2.26. The van der Waals surface area contributed by atoms with Crippen LogP contribution < -0.4 is 10.6 Å². The minimum absolute atomic E-state index is 0.0670. The predicted octanol–water partition coefficient (Wildman–Crippen LogP) is 2.34. The minimum Gasteiger partial charge on any atom is -0.460 e. The molecular weight excluding hydrogens is 468 g/mol. The number of nitrogens with zero attached hydrogens (tertiary/aromatic N) is 8. The number of carbonyl (C=O) groups is 1. The zero-order chi connectivity index (χ0) is 25.9. The Kier molecular flexibility index (Phi) is 9.48. The second-order valence-electron chi connectivity index (χ2n) is 7.61. The Balaban J connectivity index is 1.88. The molecule has 14 heteroatoms. The molecule has 2 unspecified atom stereocenters. The number of hydrogen-bond donors (Lipinski definition) is 3. The molecule has 3 aromatic rings. The maximum atomic E-state index is 11.3. The SMILES string of the molecule is C=CC(=O)OCC(C)Nc1nc(CO)c(/N=N\c2ncn(-c3ccccn3)n2)c(NC(C)COC)n1. The third-order valence-electron chi connectivity index (χ3n) is 4.53. The lowest BCUT2D eigenvalue weighted by Gasteiger charge is -2.19. The molecule has 0 saturated heterocycles. The number of nitrogens with one attached hydrogen (secondary N) is 2. The van der Waals surface area contributed by atoms with Crippen molar-refractivity contribution in [1.82, 2.24) is 29.7 Å². The van der Waals surface area contributed by atoms with Gasteiger partial charge in [-0.3, -0.25) is 0 Å². The molecule has 3 heterocycles. The van der Waals surface area contributed by atoms with Gasteiger partial charge >= 0.3 is 5.97 Å². The Labute approximate surface area is 207 Å². The first kappa shape index (κ1) is 26.3. The predicted molar refractivity (Wildman–Crippen MR) is 130 cm³/mol. The van der Waals surface area contributed by atoms with Crippen molar-refractivity contribution in [2.45, 2.75) is 32.5 Å². The van der Waals surface area contributed by atoms with Gasteiger partial charge in [0.2, 0.25) is 5.95 Å². The summed E-state index contributed by atoms with van der Waals surface area (Å²) in [6.45, 7) is 7.07. The fourth-order valence-corrected chi connectivity index (χ4v) is 2.93. The Morgan fingerprint density at radius 1 is 1.19 bits per heavy atom. The summed E-state index contributed by atoms with van der Waals surface area (Å²) in [6, 6.07) is 4.93. The number of ether oxygens (including phenoxy) is 2. The molecule has 2 atom stereocenters. The summed E-state index contributed by atoms with van der Waals surface area (Å²) in [5.74, 6) is 0.630. The van der Waals surface area contributed by atoms with E-state index in [4.69, 9.17) is 9.47 Å². The topological polar surface area (TPSA) is 174 Å². The Hall–Kier alpha value is -4.30. The van der Waals surface area contributed by atoms with Gasteiger partial charge in [-0.1, -0.05) is 12.6 Å². The summed E-state index contributed by atoms with van der Waals surface area (Å²) in [6.07, 6.45) is 4.19. The third kappa shape index (κ3) is 7.35. The smallest absolute Gasteiger partial charge is 0.330 e. The fraction of sp³-hybridized carbons (Fsp3) is 0.364. The van der Waals surface area contributed by atoms with Crippen molar-refractivity contribution in [3.05, 3.63) is 49.1 Å². The molecule has 0 spiro atoms. The van der Waals surface area contributed by atoms with Crippen molar-refractivity contribution in [2.75, 3.05) is 31.0 Å². The standard InChI is InChI=1S/C22H28N10O4/c1-5-18(34)36-12-15(3)26-22-27-16(10-33)19(20(28-22)25-14(2)11-35-4)29-30-21-24-13-32(31-21)17-8-6-7-9-23-17/h5-9,13-15,33H,1,10-12H2,2-4H3,(H2,25,26,27,28)/b30-29-. The van der Waals surface area contributed by atoms with Gasteiger partial charge in [0, 0.05) is 25.4 Å². The van der Waals surface area contributed by atoms with Crippen molar-refractivity contribution in [3.8, 4) is 5.82 Å². The summed E-state index contributed by atoms with van der Waals surface area (Å²) < 4.78 is 11.7. The van der Waals surface area contributed by atoms with Crippen LogP contribution in [0.25, 0.3) is 5.82 Å². The monoisotopic (exact) mass is 496 g/mol. The summed E-state index contributed by atoms with van der Waals surface area (Å²) >= 11 is 0. The van der Waals surface area contributed by atoms with E-state index < -0.39 is 12.6 Å². The minimum atomic E-state index is -0.536. The Bertz CT molecular complexity index is 1180. The first-order valence-corrected chi connectivity index (χ1v) is 11.0. The van der Waals surface area contributed by atoms with Gasteiger partial charge in [-0.15, -0.1) is 15.3 Å². The van der Waals surface area contributed by atoms with E-state index in [-0.39, 0.29) is 42.0 Å². The van der Waals surface area contributed by atoms with Gasteiger partial charge in [0.1, 0.15) is 18.6 Å². The first-order chi connectivity index (χ1) is 17.4. The molecule has 36 heavy (non-hydrogen) atoms. The molecule has 14 nitrogen and oxygen atoms in total. The molecule has 0 amide bonds. The number of carbonyl (C=O) groups excluding carboxylic acids is 1. The number of aliphatic hydroxyl groups is 1. The van der Waals surface area contributed by atoms with Crippen LogP contribution in [-0.4, -0.2) is 73.2 Å². The van der Waals surface area contributed by atoms with Gasteiger partial charge in [-0.05, 0) is 26.0 Å². The van der Waals surface area contributed by atoms with Crippen molar-refractivity contribution in [1.29, 1.82) is 0 Å². The number of pyridine rings is 1. The van der Waals surface area contributed by atoms with Crippen LogP contribution in [0.15, 0.2) is 53.6 Å². The highest BCUT2D eigenvalue weighted by Gasteiger charge is 2.18.